The fourth-order valence-corrected chi connectivity index (χ4v) is 0.582. The van der Waals surface area contributed by atoms with Crippen LogP contribution in [0.1, 0.15) is 0 Å². The molecule has 9 heteroatoms. The summed E-state index contributed by atoms with van der Waals surface area (Å²) in [5, 5.41) is 0. The van der Waals surface area contributed by atoms with E-state index < -0.39 is 21.8 Å². The zero-order valence-corrected chi connectivity index (χ0v) is 10.9. The van der Waals surface area contributed by atoms with Gasteiger partial charge in [-0.15, -0.1) is 0 Å². The molecule has 0 amide bonds. The van der Waals surface area contributed by atoms with Crippen LogP contribution in [-0.2, 0) is 19.5 Å². The third kappa shape index (κ3) is 3.69. The van der Waals surface area contributed by atoms with E-state index in [0.29, 0.717) is 22.6 Å². The minimum atomic E-state index is -6.11. The SMILES string of the molecule is F/C(I)=C(\F)C(F)(F)C(F)(F)F.[Zn]. The molecule has 0 saturated carbocycles. The molecule has 0 bridgehead atoms. The molecule has 0 aromatic carbocycles. The Balaban J connectivity index is 0. The summed E-state index contributed by atoms with van der Waals surface area (Å²) in [5.74, 6) is -8.87. The number of alkyl halides is 5. The third-order valence-corrected chi connectivity index (χ3v) is 1.27. The monoisotopic (exact) mass is 372 g/mol. The van der Waals surface area contributed by atoms with Gasteiger partial charge in [0.25, 0.3) is 0 Å². The first-order valence-electron chi connectivity index (χ1n) is 2.26. The van der Waals surface area contributed by atoms with Gasteiger partial charge in [0.2, 0.25) is 5.83 Å². The van der Waals surface area contributed by atoms with E-state index in [0.717, 1.165) is 0 Å². The van der Waals surface area contributed by atoms with E-state index in [4.69, 9.17) is 0 Å². The van der Waals surface area contributed by atoms with Crippen molar-refractivity contribution in [2.45, 2.75) is 12.1 Å². The smallest absolute Gasteiger partial charge is 0.201 e. The molecule has 0 aromatic heterocycles. The molecule has 0 radical (unpaired) electrons. The Morgan fingerprint density at radius 1 is 0.923 bits per heavy atom. The zero-order chi connectivity index (χ0) is 10.2. The largest absolute Gasteiger partial charge is 0.460 e. The van der Waals surface area contributed by atoms with Gasteiger partial charge in [-0.25, -0.2) is 4.39 Å². The molecule has 0 heterocycles. The molecule has 0 aliphatic carbocycles. The van der Waals surface area contributed by atoms with Crippen LogP contribution < -0.4 is 0 Å². The summed E-state index contributed by atoms with van der Waals surface area (Å²) < 4.78 is 78.5. The maximum atomic E-state index is 11.8. The third-order valence-electron chi connectivity index (χ3n) is 0.798. The van der Waals surface area contributed by atoms with Crippen LogP contribution in [0.5, 0.6) is 0 Å². The molecule has 0 spiro atoms. The molecular weight excluding hydrogens is 373 g/mol. The Kier molecular flexibility index (Phi) is 6.05. The van der Waals surface area contributed by atoms with Gasteiger partial charge in [-0.05, 0) is 22.6 Å². The van der Waals surface area contributed by atoms with Crippen molar-refractivity contribution >= 4 is 22.6 Å². The van der Waals surface area contributed by atoms with E-state index in [1.807, 2.05) is 0 Å². The number of allylic oxidation sites excluding steroid dienone is 1. The van der Waals surface area contributed by atoms with E-state index in [-0.39, 0.29) is 19.5 Å². The fourth-order valence-electron chi connectivity index (χ4n) is 0.243. The van der Waals surface area contributed by atoms with Crippen LogP contribution in [0.25, 0.3) is 0 Å². The van der Waals surface area contributed by atoms with Gasteiger partial charge >= 0.3 is 12.1 Å². The van der Waals surface area contributed by atoms with Crippen molar-refractivity contribution in [2.75, 3.05) is 0 Å². The van der Waals surface area contributed by atoms with Crippen molar-refractivity contribution in [1.82, 2.24) is 0 Å². The molecule has 0 aliphatic rings. The van der Waals surface area contributed by atoms with Crippen LogP contribution in [0.4, 0.5) is 30.7 Å². The van der Waals surface area contributed by atoms with Crippen LogP contribution in [0.2, 0.25) is 0 Å². The molecule has 0 aromatic rings. The molecule has 0 rings (SSSR count). The van der Waals surface area contributed by atoms with Gasteiger partial charge in [0.1, 0.15) is 0 Å². The van der Waals surface area contributed by atoms with Crippen molar-refractivity contribution in [3.05, 3.63) is 9.66 Å². The second-order valence-corrected chi connectivity index (χ2v) is 2.59. The van der Waals surface area contributed by atoms with Crippen molar-refractivity contribution in [1.29, 1.82) is 0 Å². The van der Waals surface area contributed by atoms with Crippen molar-refractivity contribution in [3.63, 3.8) is 0 Å². The van der Waals surface area contributed by atoms with Gasteiger partial charge in [-0.3, -0.25) is 0 Å². The molecule has 0 nitrogen and oxygen atoms in total. The molecule has 0 aliphatic heterocycles. The van der Waals surface area contributed by atoms with Crippen LogP contribution in [0.15, 0.2) is 9.66 Å². The maximum absolute atomic E-state index is 11.8. The van der Waals surface area contributed by atoms with Gasteiger partial charge < -0.3 is 0 Å². The Morgan fingerprint density at radius 3 is 1.31 bits per heavy atom. The summed E-state index contributed by atoms with van der Waals surface area (Å²) in [4.78, 5) is 0. The number of rotatable bonds is 1. The van der Waals surface area contributed by atoms with Crippen molar-refractivity contribution < 1.29 is 50.2 Å². The van der Waals surface area contributed by atoms with Gasteiger partial charge in [-0.1, -0.05) is 0 Å². The summed E-state index contributed by atoms with van der Waals surface area (Å²) >= 11 is 0.392. The first kappa shape index (κ1) is 16.0. The summed E-state index contributed by atoms with van der Waals surface area (Å²) in [6, 6.07) is 0. The average molecular weight is 373 g/mol. The maximum Gasteiger partial charge on any atom is 0.460 e. The fraction of sp³-hybridized carbons (Fsp3) is 0.500. The molecule has 0 unspecified atom stereocenters. The minimum Gasteiger partial charge on any atom is -0.201 e. The first-order valence-corrected chi connectivity index (χ1v) is 3.34. The van der Waals surface area contributed by atoms with Crippen LogP contribution in [-0.4, -0.2) is 12.1 Å². The predicted octanol–water partition coefficient (Wildman–Crippen LogP) is 3.72. The van der Waals surface area contributed by atoms with E-state index >= 15 is 0 Å². The van der Waals surface area contributed by atoms with E-state index in [1.54, 1.807) is 0 Å². The quantitative estimate of drug-likeness (QED) is 0.373. The Bertz CT molecular complexity index is 203. The molecule has 13 heavy (non-hydrogen) atoms. The standard InChI is InChI=1S/C4F7I.Zn/c5-1(2(6)12)3(7,8)4(9,10)11;/b2-1+;. The number of hydrogen-bond donors (Lipinski definition) is 0. The number of hydrogen-bond acceptors (Lipinski definition) is 0. The topological polar surface area (TPSA) is 0 Å². The van der Waals surface area contributed by atoms with Crippen LogP contribution >= 0.6 is 22.6 Å². The van der Waals surface area contributed by atoms with E-state index in [9.17, 15) is 30.7 Å². The second-order valence-electron chi connectivity index (χ2n) is 1.65. The Labute approximate surface area is 94.4 Å². The minimum absolute atomic E-state index is 0. The number of halogens is 8. The van der Waals surface area contributed by atoms with E-state index in [1.165, 1.54) is 0 Å². The van der Waals surface area contributed by atoms with E-state index in [2.05, 4.69) is 0 Å². The Morgan fingerprint density at radius 2 is 1.23 bits per heavy atom. The Hall–Kier alpha value is 0.603. The zero-order valence-electron chi connectivity index (χ0n) is 5.73. The second kappa shape index (κ2) is 4.90. The molecule has 0 atom stereocenters. The normalized spacial score (nSPS) is 14.8. The molecule has 0 N–H and O–H groups in total. The van der Waals surface area contributed by atoms with Gasteiger partial charge in [0, 0.05) is 19.5 Å². The summed E-state index contributed by atoms with van der Waals surface area (Å²) in [6.45, 7) is 0. The molecule has 0 fully saturated rings. The molecular formula is C4F7IZn. The van der Waals surface area contributed by atoms with Crippen LogP contribution in [0.3, 0.4) is 0 Å². The van der Waals surface area contributed by atoms with Gasteiger partial charge in [0.15, 0.2) is 3.83 Å². The van der Waals surface area contributed by atoms with Crippen molar-refractivity contribution in [3.8, 4) is 0 Å². The summed E-state index contributed by atoms with van der Waals surface area (Å²) in [7, 11) is 0. The summed E-state index contributed by atoms with van der Waals surface area (Å²) in [6.07, 6.45) is -6.11. The first-order chi connectivity index (χ1) is 5.10. The molecule has 0 saturated heterocycles. The van der Waals surface area contributed by atoms with Crippen LogP contribution in [0, 0.1) is 0 Å². The predicted molar refractivity (Wildman–Crippen MR) is 34.3 cm³/mol. The van der Waals surface area contributed by atoms with Gasteiger partial charge in [-0.2, -0.15) is 26.3 Å². The average Bonchev–Trinajstić information content (AvgIpc) is 1.83. The van der Waals surface area contributed by atoms with Crippen molar-refractivity contribution in [2.24, 2.45) is 0 Å². The van der Waals surface area contributed by atoms with Gasteiger partial charge in [0.05, 0.1) is 0 Å². The molecule has 74 valence electrons. The summed E-state index contributed by atoms with van der Waals surface area (Å²) in [5.41, 5.74) is 0.